The summed E-state index contributed by atoms with van der Waals surface area (Å²) in [6, 6.07) is 6.12. The van der Waals surface area contributed by atoms with Crippen molar-refractivity contribution < 1.29 is 0 Å². The van der Waals surface area contributed by atoms with Gasteiger partial charge in [-0.2, -0.15) is 0 Å². The molecule has 0 fully saturated rings. The maximum Gasteiger partial charge on any atom is 0.230 e. The Morgan fingerprint density at radius 1 is 0.727 bits per heavy atom. The van der Waals surface area contributed by atoms with Crippen molar-refractivity contribution in [2.75, 3.05) is 5.32 Å². The molecule has 3 rings (SSSR count). The van der Waals surface area contributed by atoms with Crippen LogP contribution in [0.1, 0.15) is 28.2 Å². The first-order valence-corrected chi connectivity index (χ1v) is 7.28. The molecule has 0 aliphatic heterocycles. The van der Waals surface area contributed by atoms with Crippen LogP contribution in [0.15, 0.2) is 18.2 Å². The number of nitrogens with zero attached hydrogens (tertiary/aromatic N) is 4. The lowest BCUT2D eigenvalue weighted by Crippen LogP contribution is -2.06. The van der Waals surface area contributed by atoms with Gasteiger partial charge in [0.1, 0.15) is 0 Å². The predicted octanol–water partition coefficient (Wildman–Crippen LogP) is 3.71. The Hall–Kier alpha value is -2.56. The van der Waals surface area contributed by atoms with Gasteiger partial charge in [0, 0.05) is 16.8 Å². The van der Waals surface area contributed by atoms with Gasteiger partial charge in [-0.25, -0.2) is 19.9 Å². The van der Waals surface area contributed by atoms with Crippen LogP contribution in [0.25, 0.3) is 10.9 Å². The third kappa shape index (κ3) is 2.50. The fourth-order valence-corrected chi connectivity index (χ4v) is 2.43. The maximum atomic E-state index is 4.61. The van der Waals surface area contributed by atoms with Gasteiger partial charge in [-0.05, 0) is 45.7 Å². The molecule has 0 aliphatic rings. The summed E-state index contributed by atoms with van der Waals surface area (Å²) in [6.45, 7) is 10.0. The third-order valence-corrected chi connectivity index (χ3v) is 3.98. The van der Waals surface area contributed by atoms with Gasteiger partial charge in [0.15, 0.2) is 0 Å². The number of para-hydroxylation sites is 1. The number of benzene rings is 1. The van der Waals surface area contributed by atoms with Crippen molar-refractivity contribution in [3.05, 3.63) is 46.4 Å². The van der Waals surface area contributed by atoms with Crippen molar-refractivity contribution in [3.8, 4) is 0 Å². The zero-order valence-electron chi connectivity index (χ0n) is 13.5. The molecule has 5 nitrogen and oxygen atoms in total. The summed E-state index contributed by atoms with van der Waals surface area (Å²) in [5.41, 5.74) is 6.06. The highest BCUT2D eigenvalue weighted by atomic mass is 15.2. The molecule has 0 saturated heterocycles. The van der Waals surface area contributed by atoms with Gasteiger partial charge in [-0.15, -0.1) is 0 Å². The molecule has 2 heterocycles. The number of anilines is 2. The largest absolute Gasteiger partial charge is 0.293 e. The van der Waals surface area contributed by atoms with Gasteiger partial charge < -0.3 is 0 Å². The second-order valence-electron chi connectivity index (χ2n) is 5.57. The lowest BCUT2D eigenvalue weighted by molar-refractivity contribution is 1.01. The summed E-state index contributed by atoms with van der Waals surface area (Å²) < 4.78 is 0. The van der Waals surface area contributed by atoms with Crippen LogP contribution in [-0.2, 0) is 0 Å². The molecule has 0 atom stereocenters. The molecule has 1 aromatic carbocycles. The summed E-state index contributed by atoms with van der Waals surface area (Å²) in [5.74, 6) is 1.06. The molecule has 0 aliphatic carbocycles. The molecule has 22 heavy (non-hydrogen) atoms. The Balaban J connectivity index is 2.06. The zero-order chi connectivity index (χ0) is 15.9. The topological polar surface area (TPSA) is 63.6 Å². The first-order valence-electron chi connectivity index (χ1n) is 7.28. The molecule has 0 amide bonds. The Bertz CT molecular complexity index is 847. The lowest BCUT2D eigenvalue weighted by atomic mass is 10.1. The summed E-state index contributed by atoms with van der Waals surface area (Å²) >= 11 is 0. The molecule has 0 bridgehead atoms. The number of hydrogen-bond acceptors (Lipinski definition) is 5. The number of aryl methyl sites for hydroxylation is 4. The zero-order valence-corrected chi connectivity index (χ0v) is 13.5. The van der Waals surface area contributed by atoms with E-state index in [9.17, 15) is 0 Å². The fourth-order valence-electron chi connectivity index (χ4n) is 2.43. The van der Waals surface area contributed by atoms with E-state index in [1.54, 1.807) is 0 Å². The monoisotopic (exact) mass is 293 g/mol. The van der Waals surface area contributed by atoms with E-state index < -0.39 is 0 Å². The molecule has 0 radical (unpaired) electrons. The Morgan fingerprint density at radius 2 is 1.32 bits per heavy atom. The maximum absolute atomic E-state index is 4.61. The minimum Gasteiger partial charge on any atom is -0.293 e. The Morgan fingerprint density at radius 3 is 2.00 bits per heavy atom. The highest BCUT2D eigenvalue weighted by Gasteiger charge is 2.09. The van der Waals surface area contributed by atoms with E-state index in [1.165, 1.54) is 0 Å². The first-order chi connectivity index (χ1) is 10.5. The van der Waals surface area contributed by atoms with Crippen molar-refractivity contribution in [2.45, 2.75) is 34.6 Å². The normalized spacial score (nSPS) is 11.0. The first kappa shape index (κ1) is 14.4. The highest BCUT2D eigenvalue weighted by Crippen LogP contribution is 2.21. The van der Waals surface area contributed by atoms with Gasteiger partial charge in [-0.3, -0.25) is 5.32 Å². The highest BCUT2D eigenvalue weighted by molar-refractivity contribution is 5.84. The van der Waals surface area contributed by atoms with Crippen molar-refractivity contribution >= 4 is 22.8 Å². The predicted molar refractivity (Wildman–Crippen MR) is 88.5 cm³/mol. The van der Waals surface area contributed by atoms with Gasteiger partial charge in [0.25, 0.3) is 0 Å². The number of nitrogens with one attached hydrogen (secondary N) is 1. The minimum absolute atomic E-state index is 0.530. The quantitative estimate of drug-likeness (QED) is 0.780. The smallest absolute Gasteiger partial charge is 0.230 e. The standard InChI is InChI=1S/C17H19N5/c1-9-7-6-8-14-13(5)20-17(21-15(9)14)22-16-18-11(3)10(2)12(4)19-16/h6-8H,1-5H3,(H,18,19,20,21,22). The van der Waals surface area contributed by atoms with Gasteiger partial charge in [0.2, 0.25) is 11.9 Å². The summed E-state index contributed by atoms with van der Waals surface area (Å²) in [6.07, 6.45) is 0. The van der Waals surface area contributed by atoms with Gasteiger partial charge in [0.05, 0.1) is 11.2 Å². The van der Waals surface area contributed by atoms with Crippen LogP contribution in [0, 0.1) is 34.6 Å². The fraction of sp³-hybridized carbons (Fsp3) is 0.294. The van der Waals surface area contributed by atoms with E-state index in [2.05, 4.69) is 38.2 Å². The van der Waals surface area contributed by atoms with Crippen LogP contribution in [0.2, 0.25) is 0 Å². The number of hydrogen-bond donors (Lipinski definition) is 1. The number of rotatable bonds is 2. The van der Waals surface area contributed by atoms with E-state index in [1.807, 2.05) is 39.8 Å². The Kier molecular flexibility index (Phi) is 3.48. The third-order valence-electron chi connectivity index (χ3n) is 3.98. The van der Waals surface area contributed by atoms with Gasteiger partial charge >= 0.3 is 0 Å². The van der Waals surface area contributed by atoms with E-state index in [0.717, 1.165) is 39.1 Å². The second kappa shape index (κ2) is 5.33. The summed E-state index contributed by atoms with van der Waals surface area (Å²) in [5, 5.41) is 4.20. The SMILES string of the molecule is Cc1nc(Nc2nc(C)c3cccc(C)c3n2)nc(C)c1C. The van der Waals surface area contributed by atoms with Crippen molar-refractivity contribution in [1.82, 2.24) is 19.9 Å². The van der Waals surface area contributed by atoms with Crippen LogP contribution in [0.3, 0.4) is 0 Å². The minimum atomic E-state index is 0.530. The van der Waals surface area contributed by atoms with Crippen LogP contribution >= 0.6 is 0 Å². The molecule has 5 heteroatoms. The van der Waals surface area contributed by atoms with Crippen molar-refractivity contribution in [1.29, 1.82) is 0 Å². The van der Waals surface area contributed by atoms with Crippen LogP contribution in [-0.4, -0.2) is 19.9 Å². The van der Waals surface area contributed by atoms with Crippen LogP contribution in [0.4, 0.5) is 11.9 Å². The summed E-state index contributed by atoms with van der Waals surface area (Å²) in [4.78, 5) is 18.0. The molecule has 112 valence electrons. The van der Waals surface area contributed by atoms with Crippen molar-refractivity contribution in [3.63, 3.8) is 0 Å². The van der Waals surface area contributed by atoms with Crippen molar-refractivity contribution in [2.24, 2.45) is 0 Å². The molecule has 3 aromatic rings. The van der Waals surface area contributed by atoms with Crippen LogP contribution < -0.4 is 5.32 Å². The lowest BCUT2D eigenvalue weighted by Gasteiger charge is -2.10. The molecule has 0 unspecified atom stereocenters. The van der Waals surface area contributed by atoms with Gasteiger partial charge in [-0.1, -0.05) is 18.2 Å². The Labute approximate surface area is 129 Å². The average molecular weight is 293 g/mol. The molecular formula is C17H19N5. The summed E-state index contributed by atoms with van der Waals surface area (Å²) in [7, 11) is 0. The number of fused-ring (bicyclic) bond motifs is 1. The van der Waals surface area contributed by atoms with E-state index >= 15 is 0 Å². The molecule has 0 spiro atoms. The number of aromatic nitrogens is 4. The molecule has 1 N–H and O–H groups in total. The van der Waals surface area contributed by atoms with E-state index in [4.69, 9.17) is 0 Å². The molecule has 0 saturated carbocycles. The average Bonchev–Trinajstić information content (AvgIpc) is 2.46. The van der Waals surface area contributed by atoms with E-state index in [0.29, 0.717) is 11.9 Å². The molecule has 2 aromatic heterocycles. The van der Waals surface area contributed by atoms with Crippen LogP contribution in [0.5, 0.6) is 0 Å². The second-order valence-corrected chi connectivity index (χ2v) is 5.57. The molecular weight excluding hydrogens is 274 g/mol. The van der Waals surface area contributed by atoms with E-state index in [-0.39, 0.29) is 0 Å².